The minimum Gasteiger partial charge on any atom is -0.216 e. The van der Waals surface area contributed by atoms with Gasteiger partial charge >= 0.3 is 0 Å². The van der Waals surface area contributed by atoms with Gasteiger partial charge in [-0.05, 0) is 105 Å². The zero-order valence-electron chi connectivity index (χ0n) is 16.3. The smallest absolute Gasteiger partial charge is 0.133 e. The number of benzene rings is 1. The average molecular weight is 377 g/mol. The van der Waals surface area contributed by atoms with Gasteiger partial charge in [-0.2, -0.15) is 0 Å². The fourth-order valence-electron chi connectivity index (χ4n) is 6.13. The Labute approximate surface area is 161 Å². The molecule has 5 atom stereocenters. The third-order valence-corrected chi connectivity index (χ3v) is 7.74. The van der Waals surface area contributed by atoms with Crippen LogP contribution in [0.25, 0.3) is 0 Å². The van der Waals surface area contributed by atoms with E-state index in [9.17, 15) is 8.78 Å². The summed E-state index contributed by atoms with van der Waals surface area (Å²) in [4.78, 5) is 0. The SMILES string of the molecule is CCC1CCc2c(cc(F)c(C3CCC4CC(/C=C/F)CCC4C3)c2F)C1. The molecule has 0 saturated heterocycles. The maximum Gasteiger partial charge on any atom is 0.133 e. The quantitative estimate of drug-likeness (QED) is 0.520. The molecule has 0 aliphatic heterocycles. The van der Waals surface area contributed by atoms with Crippen LogP contribution in [-0.2, 0) is 12.8 Å². The molecule has 3 aliphatic carbocycles. The molecule has 1 aromatic rings. The highest BCUT2D eigenvalue weighted by Crippen LogP contribution is 2.49. The van der Waals surface area contributed by atoms with Crippen molar-refractivity contribution in [3.8, 4) is 0 Å². The van der Waals surface area contributed by atoms with Gasteiger partial charge in [0, 0.05) is 5.56 Å². The zero-order chi connectivity index (χ0) is 19.0. The molecule has 0 nitrogen and oxygen atoms in total. The van der Waals surface area contributed by atoms with Crippen LogP contribution in [-0.4, -0.2) is 0 Å². The summed E-state index contributed by atoms with van der Waals surface area (Å²) in [5.74, 6) is 1.48. The van der Waals surface area contributed by atoms with E-state index in [2.05, 4.69) is 6.92 Å². The third kappa shape index (κ3) is 3.71. The van der Waals surface area contributed by atoms with Crippen molar-refractivity contribution in [1.29, 1.82) is 0 Å². The lowest BCUT2D eigenvalue weighted by Crippen LogP contribution is -2.31. The van der Waals surface area contributed by atoms with Crippen LogP contribution in [0, 0.1) is 35.3 Å². The molecule has 0 radical (unpaired) electrons. The molecule has 3 aliphatic rings. The van der Waals surface area contributed by atoms with Crippen molar-refractivity contribution >= 4 is 0 Å². The molecule has 1 aromatic carbocycles. The van der Waals surface area contributed by atoms with Crippen LogP contribution in [0.4, 0.5) is 13.2 Å². The summed E-state index contributed by atoms with van der Waals surface area (Å²) in [5, 5.41) is 0. The van der Waals surface area contributed by atoms with E-state index in [-0.39, 0.29) is 17.6 Å². The minimum atomic E-state index is -0.319. The summed E-state index contributed by atoms with van der Waals surface area (Å²) < 4.78 is 42.8. The molecule has 2 fully saturated rings. The Morgan fingerprint density at radius 3 is 2.59 bits per heavy atom. The Hall–Kier alpha value is -1.25. The van der Waals surface area contributed by atoms with Gasteiger partial charge in [0.2, 0.25) is 0 Å². The molecule has 4 rings (SSSR count). The average Bonchev–Trinajstić information content (AvgIpc) is 2.67. The Morgan fingerprint density at radius 2 is 1.81 bits per heavy atom. The van der Waals surface area contributed by atoms with Crippen LogP contribution < -0.4 is 0 Å². The van der Waals surface area contributed by atoms with Crippen molar-refractivity contribution in [2.45, 2.75) is 77.0 Å². The van der Waals surface area contributed by atoms with Gasteiger partial charge in [0.15, 0.2) is 0 Å². The predicted molar refractivity (Wildman–Crippen MR) is 103 cm³/mol. The highest BCUT2D eigenvalue weighted by molar-refractivity contribution is 5.39. The van der Waals surface area contributed by atoms with Crippen molar-refractivity contribution in [1.82, 2.24) is 0 Å². The molecular weight excluding hydrogens is 345 g/mol. The number of fused-ring (bicyclic) bond motifs is 2. The topological polar surface area (TPSA) is 0 Å². The predicted octanol–water partition coefficient (Wildman–Crippen LogP) is 7.26. The molecule has 3 heteroatoms. The second-order valence-corrected chi connectivity index (χ2v) is 9.16. The molecule has 0 aromatic heterocycles. The summed E-state index contributed by atoms with van der Waals surface area (Å²) in [5.41, 5.74) is 2.06. The zero-order valence-corrected chi connectivity index (χ0v) is 16.3. The van der Waals surface area contributed by atoms with Crippen LogP contribution >= 0.6 is 0 Å². The Bertz CT molecular complexity index is 708. The van der Waals surface area contributed by atoms with Gasteiger partial charge in [0.05, 0.1) is 6.33 Å². The fourth-order valence-corrected chi connectivity index (χ4v) is 6.13. The second-order valence-electron chi connectivity index (χ2n) is 9.16. The highest BCUT2D eigenvalue weighted by Gasteiger charge is 2.38. The summed E-state index contributed by atoms with van der Waals surface area (Å²) in [6, 6.07) is 1.64. The largest absolute Gasteiger partial charge is 0.216 e. The second kappa shape index (κ2) is 8.01. The van der Waals surface area contributed by atoms with Gasteiger partial charge in [0.1, 0.15) is 11.6 Å². The van der Waals surface area contributed by atoms with Gasteiger partial charge in [-0.15, -0.1) is 0 Å². The normalized spacial score (nSPS) is 33.7. The maximum atomic E-state index is 15.3. The molecule has 2 saturated carbocycles. The van der Waals surface area contributed by atoms with Crippen molar-refractivity contribution < 1.29 is 13.2 Å². The van der Waals surface area contributed by atoms with E-state index in [0.29, 0.717) is 35.6 Å². The molecule has 0 heterocycles. The molecule has 0 N–H and O–H groups in total. The minimum absolute atomic E-state index is 0.00807. The first-order chi connectivity index (χ1) is 13.1. The first-order valence-electron chi connectivity index (χ1n) is 10.9. The number of hydrogen-bond donors (Lipinski definition) is 0. The first kappa shape index (κ1) is 19.1. The Kier molecular flexibility index (Phi) is 5.66. The molecule has 148 valence electrons. The van der Waals surface area contributed by atoms with Crippen molar-refractivity contribution in [2.75, 3.05) is 0 Å². The van der Waals surface area contributed by atoms with E-state index in [1.165, 1.54) is 0 Å². The van der Waals surface area contributed by atoms with Crippen molar-refractivity contribution in [3.63, 3.8) is 0 Å². The van der Waals surface area contributed by atoms with Crippen LogP contribution in [0.5, 0.6) is 0 Å². The summed E-state index contributed by atoms with van der Waals surface area (Å²) in [6.07, 6.45) is 11.9. The van der Waals surface area contributed by atoms with Gasteiger partial charge in [-0.3, -0.25) is 0 Å². The van der Waals surface area contributed by atoms with E-state index >= 15 is 4.39 Å². The lowest BCUT2D eigenvalue weighted by molar-refractivity contribution is 0.131. The lowest BCUT2D eigenvalue weighted by Gasteiger charge is -2.42. The van der Waals surface area contributed by atoms with Gasteiger partial charge in [-0.1, -0.05) is 19.4 Å². The molecule has 5 unspecified atom stereocenters. The molecule has 0 amide bonds. The van der Waals surface area contributed by atoms with E-state index in [1.54, 1.807) is 12.1 Å². The lowest BCUT2D eigenvalue weighted by atomic mass is 9.63. The number of hydrogen-bond acceptors (Lipinski definition) is 0. The Balaban J connectivity index is 1.53. The van der Waals surface area contributed by atoms with Gasteiger partial charge < -0.3 is 0 Å². The summed E-state index contributed by atoms with van der Waals surface area (Å²) >= 11 is 0. The molecule has 27 heavy (non-hydrogen) atoms. The standard InChI is InChI=1S/C24H31F3/c1-2-15-4-8-21-20(11-15)14-22(26)23(24(21)27)19-7-6-17-12-16(9-10-25)3-5-18(17)13-19/h9-10,14-19H,2-8,11-13H2,1H3/b10-9+. The van der Waals surface area contributed by atoms with Crippen LogP contribution in [0.15, 0.2) is 18.5 Å². The number of halogens is 3. The molecular formula is C24H31F3. The van der Waals surface area contributed by atoms with Crippen molar-refractivity contribution in [3.05, 3.63) is 46.8 Å². The summed E-state index contributed by atoms with van der Waals surface area (Å²) in [7, 11) is 0. The van der Waals surface area contributed by atoms with Crippen LogP contribution in [0.3, 0.4) is 0 Å². The monoisotopic (exact) mass is 376 g/mol. The summed E-state index contributed by atoms with van der Waals surface area (Å²) in [6.45, 7) is 2.16. The van der Waals surface area contributed by atoms with Crippen LogP contribution in [0.2, 0.25) is 0 Å². The third-order valence-electron chi connectivity index (χ3n) is 7.74. The van der Waals surface area contributed by atoms with E-state index < -0.39 is 0 Å². The van der Waals surface area contributed by atoms with Gasteiger partial charge in [-0.25, -0.2) is 13.2 Å². The first-order valence-corrected chi connectivity index (χ1v) is 10.9. The molecule has 0 spiro atoms. The Morgan fingerprint density at radius 1 is 1.04 bits per heavy atom. The van der Waals surface area contributed by atoms with E-state index in [4.69, 9.17) is 0 Å². The van der Waals surface area contributed by atoms with Crippen LogP contribution in [0.1, 0.15) is 80.9 Å². The highest BCUT2D eigenvalue weighted by atomic mass is 19.1. The van der Waals surface area contributed by atoms with E-state index in [0.717, 1.165) is 75.3 Å². The fraction of sp³-hybridized carbons (Fsp3) is 0.667. The van der Waals surface area contributed by atoms with E-state index in [1.807, 2.05) is 0 Å². The molecule has 0 bridgehead atoms. The van der Waals surface area contributed by atoms with Crippen molar-refractivity contribution in [2.24, 2.45) is 23.7 Å². The number of allylic oxidation sites excluding steroid dienone is 1. The van der Waals surface area contributed by atoms with Gasteiger partial charge in [0.25, 0.3) is 0 Å². The number of rotatable bonds is 3. The maximum absolute atomic E-state index is 15.3.